The molecule has 0 aliphatic carbocycles. The fourth-order valence-corrected chi connectivity index (χ4v) is 2.74. The molecule has 6 heteroatoms. The van der Waals surface area contributed by atoms with E-state index < -0.39 is 17.5 Å². The first-order chi connectivity index (χ1) is 13.0. The van der Waals surface area contributed by atoms with E-state index in [-0.39, 0.29) is 10.6 Å². The van der Waals surface area contributed by atoms with Gasteiger partial charge in [-0.25, -0.2) is 8.78 Å². The predicted octanol–water partition coefficient (Wildman–Crippen LogP) is 5.49. The Labute approximate surface area is 160 Å². The third-order valence-corrected chi connectivity index (χ3v) is 4.19. The minimum Gasteiger partial charge on any atom is -0.491 e. The van der Waals surface area contributed by atoms with Crippen molar-refractivity contribution in [3.63, 3.8) is 0 Å². The average Bonchev–Trinajstić information content (AvgIpc) is 2.67. The zero-order chi connectivity index (χ0) is 19.2. The zero-order valence-electron chi connectivity index (χ0n) is 14.2. The van der Waals surface area contributed by atoms with E-state index in [9.17, 15) is 13.6 Å². The highest BCUT2D eigenvalue weighted by Gasteiger charge is 2.16. The highest BCUT2D eigenvalue weighted by Crippen LogP contribution is 2.26. The Morgan fingerprint density at radius 3 is 2.41 bits per heavy atom. The maximum atomic E-state index is 13.4. The monoisotopic (exact) mass is 387 g/mol. The summed E-state index contributed by atoms with van der Waals surface area (Å²) in [5.74, 6) is -2.43. The van der Waals surface area contributed by atoms with Crippen molar-refractivity contribution < 1.29 is 18.3 Å². The zero-order valence-corrected chi connectivity index (χ0v) is 15.0. The molecule has 3 rings (SSSR count). The molecule has 3 aromatic rings. The standard InChI is InChI=1S/C21H16ClF2NO2/c22-16-13-18(24)17(23)12-15(16)21(26)25-19-8-4-5-9-20(19)27-11-10-14-6-2-1-3-7-14/h1-9,12-13H,10-11H2,(H,25,26). The quantitative estimate of drug-likeness (QED) is 0.568. The lowest BCUT2D eigenvalue weighted by atomic mass is 10.1. The molecule has 138 valence electrons. The van der Waals surface area contributed by atoms with Crippen LogP contribution >= 0.6 is 11.6 Å². The average molecular weight is 388 g/mol. The van der Waals surface area contributed by atoms with Crippen LogP contribution in [0.5, 0.6) is 5.75 Å². The van der Waals surface area contributed by atoms with Crippen LogP contribution in [0.25, 0.3) is 0 Å². The van der Waals surface area contributed by atoms with Gasteiger partial charge in [0.25, 0.3) is 5.91 Å². The summed E-state index contributed by atoms with van der Waals surface area (Å²) in [5, 5.41) is 2.45. The van der Waals surface area contributed by atoms with Gasteiger partial charge in [0.1, 0.15) is 5.75 Å². The van der Waals surface area contributed by atoms with Gasteiger partial charge in [0, 0.05) is 6.42 Å². The highest BCUT2D eigenvalue weighted by atomic mass is 35.5. The van der Waals surface area contributed by atoms with Gasteiger partial charge >= 0.3 is 0 Å². The minimum atomic E-state index is -1.14. The Morgan fingerprint density at radius 1 is 0.963 bits per heavy atom. The number of benzene rings is 3. The van der Waals surface area contributed by atoms with Crippen LogP contribution in [-0.4, -0.2) is 12.5 Å². The topological polar surface area (TPSA) is 38.3 Å². The molecule has 0 atom stereocenters. The van der Waals surface area contributed by atoms with Crippen molar-refractivity contribution in [2.45, 2.75) is 6.42 Å². The number of carbonyl (C=O) groups is 1. The molecule has 0 spiro atoms. The number of nitrogens with one attached hydrogen (secondary N) is 1. The van der Waals surface area contributed by atoms with E-state index >= 15 is 0 Å². The molecule has 0 saturated heterocycles. The van der Waals surface area contributed by atoms with Gasteiger partial charge in [0.2, 0.25) is 0 Å². The number of halogens is 3. The Balaban J connectivity index is 1.70. The van der Waals surface area contributed by atoms with Gasteiger partial charge < -0.3 is 10.1 Å². The largest absolute Gasteiger partial charge is 0.491 e. The second-order valence-electron chi connectivity index (χ2n) is 5.78. The summed E-state index contributed by atoms with van der Waals surface area (Å²) in [7, 11) is 0. The van der Waals surface area contributed by atoms with E-state index in [1.807, 2.05) is 30.3 Å². The number of para-hydroxylation sites is 2. The van der Waals surface area contributed by atoms with Crippen LogP contribution in [0.2, 0.25) is 5.02 Å². The third kappa shape index (κ3) is 4.83. The summed E-state index contributed by atoms with van der Waals surface area (Å²) in [5.41, 5.74) is 1.39. The van der Waals surface area contributed by atoms with Crippen LogP contribution in [0, 0.1) is 11.6 Å². The van der Waals surface area contributed by atoms with E-state index in [0.717, 1.165) is 17.7 Å². The molecular weight excluding hydrogens is 372 g/mol. The van der Waals surface area contributed by atoms with E-state index in [2.05, 4.69) is 5.32 Å². The molecule has 0 aliphatic rings. The molecule has 0 aromatic heterocycles. The number of rotatable bonds is 6. The summed E-state index contributed by atoms with van der Waals surface area (Å²) in [6.07, 6.45) is 0.706. The van der Waals surface area contributed by atoms with Crippen LogP contribution in [0.15, 0.2) is 66.7 Å². The molecule has 0 fully saturated rings. The van der Waals surface area contributed by atoms with Gasteiger partial charge in [-0.05, 0) is 29.8 Å². The van der Waals surface area contributed by atoms with Crippen molar-refractivity contribution in [1.82, 2.24) is 0 Å². The van der Waals surface area contributed by atoms with Gasteiger partial charge in [-0.15, -0.1) is 0 Å². The molecule has 0 unspecified atom stereocenters. The van der Waals surface area contributed by atoms with E-state index in [0.29, 0.717) is 24.5 Å². The van der Waals surface area contributed by atoms with Crippen LogP contribution in [0.4, 0.5) is 14.5 Å². The third-order valence-electron chi connectivity index (χ3n) is 3.88. The van der Waals surface area contributed by atoms with E-state index in [4.69, 9.17) is 16.3 Å². The number of anilines is 1. The molecule has 0 heterocycles. The van der Waals surface area contributed by atoms with Gasteiger partial charge in [0.15, 0.2) is 11.6 Å². The summed E-state index contributed by atoms with van der Waals surface area (Å²) >= 11 is 5.86. The Morgan fingerprint density at radius 2 is 1.63 bits per heavy atom. The molecule has 0 radical (unpaired) electrons. The van der Waals surface area contributed by atoms with Crippen molar-refractivity contribution in [3.05, 3.63) is 94.5 Å². The molecule has 0 saturated carbocycles. The second kappa shape index (κ2) is 8.64. The lowest BCUT2D eigenvalue weighted by Gasteiger charge is -2.13. The van der Waals surface area contributed by atoms with E-state index in [1.54, 1.807) is 24.3 Å². The summed E-state index contributed by atoms with van der Waals surface area (Å²) < 4.78 is 32.4. The van der Waals surface area contributed by atoms with Gasteiger partial charge in [-0.2, -0.15) is 0 Å². The number of ether oxygens (including phenoxy) is 1. The van der Waals surface area contributed by atoms with Gasteiger partial charge in [-0.1, -0.05) is 54.1 Å². The number of carbonyl (C=O) groups excluding carboxylic acids is 1. The van der Waals surface area contributed by atoms with Crippen molar-refractivity contribution >= 4 is 23.2 Å². The predicted molar refractivity (Wildman–Crippen MR) is 101 cm³/mol. The molecule has 1 N–H and O–H groups in total. The molecule has 0 bridgehead atoms. The SMILES string of the molecule is O=C(Nc1ccccc1OCCc1ccccc1)c1cc(F)c(F)cc1Cl. The highest BCUT2D eigenvalue weighted by molar-refractivity contribution is 6.34. The van der Waals surface area contributed by atoms with Crippen molar-refractivity contribution in [3.8, 4) is 5.75 Å². The first-order valence-corrected chi connectivity index (χ1v) is 8.64. The maximum absolute atomic E-state index is 13.4. The fraction of sp³-hybridized carbons (Fsp3) is 0.0952. The summed E-state index contributed by atoms with van der Waals surface area (Å²) in [6.45, 7) is 0.419. The lowest BCUT2D eigenvalue weighted by Crippen LogP contribution is -2.14. The first kappa shape index (κ1) is 18.9. The minimum absolute atomic E-state index is 0.158. The Hall–Kier alpha value is -2.92. The lowest BCUT2D eigenvalue weighted by molar-refractivity contribution is 0.102. The second-order valence-corrected chi connectivity index (χ2v) is 6.19. The van der Waals surface area contributed by atoms with E-state index in [1.165, 1.54) is 0 Å². The molecule has 0 aliphatic heterocycles. The molecule has 1 amide bonds. The molecule has 27 heavy (non-hydrogen) atoms. The van der Waals surface area contributed by atoms with Crippen molar-refractivity contribution in [2.75, 3.05) is 11.9 Å². The normalized spacial score (nSPS) is 10.5. The summed E-state index contributed by atoms with van der Waals surface area (Å²) in [4.78, 5) is 12.4. The summed E-state index contributed by atoms with van der Waals surface area (Å²) in [6, 6.07) is 18.3. The van der Waals surface area contributed by atoms with Crippen molar-refractivity contribution in [1.29, 1.82) is 0 Å². The van der Waals surface area contributed by atoms with Gasteiger partial charge in [-0.3, -0.25) is 4.79 Å². The van der Waals surface area contributed by atoms with Crippen molar-refractivity contribution in [2.24, 2.45) is 0 Å². The smallest absolute Gasteiger partial charge is 0.257 e. The number of hydrogen-bond acceptors (Lipinski definition) is 2. The maximum Gasteiger partial charge on any atom is 0.257 e. The van der Waals surface area contributed by atoms with Crippen LogP contribution in [-0.2, 0) is 6.42 Å². The Bertz CT molecular complexity index is 948. The van der Waals surface area contributed by atoms with Crippen LogP contribution < -0.4 is 10.1 Å². The first-order valence-electron chi connectivity index (χ1n) is 8.26. The molecule has 3 nitrogen and oxygen atoms in total. The molecular formula is C21H16ClF2NO2. The number of amides is 1. The Kier molecular flexibility index (Phi) is 6.04. The number of hydrogen-bond donors (Lipinski definition) is 1. The van der Waals surface area contributed by atoms with Crippen LogP contribution in [0.3, 0.4) is 0 Å². The van der Waals surface area contributed by atoms with Gasteiger partial charge in [0.05, 0.1) is 22.9 Å². The fourth-order valence-electron chi connectivity index (χ4n) is 2.51. The van der Waals surface area contributed by atoms with Crippen LogP contribution in [0.1, 0.15) is 15.9 Å². The molecule has 3 aromatic carbocycles.